The number of likely N-dealkylation sites (tertiary alicyclic amines) is 1. The summed E-state index contributed by atoms with van der Waals surface area (Å²) in [6, 6.07) is 9.03. The molecule has 8 heteroatoms. The van der Waals surface area contributed by atoms with Gasteiger partial charge in [-0.25, -0.2) is 0 Å². The van der Waals surface area contributed by atoms with E-state index in [0.717, 1.165) is 11.3 Å². The molecule has 2 aromatic rings. The molecule has 1 aliphatic heterocycles. The second-order valence-electron chi connectivity index (χ2n) is 7.30. The van der Waals surface area contributed by atoms with Gasteiger partial charge in [-0.1, -0.05) is 17.3 Å². The summed E-state index contributed by atoms with van der Waals surface area (Å²) < 4.78 is 15.6. The predicted octanol–water partition coefficient (Wildman–Crippen LogP) is 2.73. The van der Waals surface area contributed by atoms with Crippen molar-refractivity contribution in [2.24, 2.45) is 11.8 Å². The van der Waals surface area contributed by atoms with E-state index >= 15 is 0 Å². The number of hydrogen-bond acceptors (Lipinski definition) is 7. The number of hydrogen-bond donors (Lipinski definition) is 0. The third kappa shape index (κ3) is 3.98. The molecule has 0 bridgehead atoms. The summed E-state index contributed by atoms with van der Waals surface area (Å²) in [6.07, 6.45) is 4.98. The van der Waals surface area contributed by atoms with Crippen molar-refractivity contribution in [3.05, 3.63) is 48.2 Å². The van der Waals surface area contributed by atoms with Crippen molar-refractivity contribution in [2.45, 2.75) is 25.9 Å². The van der Waals surface area contributed by atoms with Gasteiger partial charge in [0.25, 0.3) is 0 Å². The zero-order chi connectivity index (χ0) is 21.1. The minimum atomic E-state index is -0.508. The fraction of sp³-hybridized carbons (Fsp3) is 0.364. The van der Waals surface area contributed by atoms with Crippen molar-refractivity contribution >= 4 is 17.8 Å². The Morgan fingerprint density at radius 3 is 2.43 bits per heavy atom. The van der Waals surface area contributed by atoms with Gasteiger partial charge in [0.15, 0.2) is 12.4 Å². The number of amides is 2. The van der Waals surface area contributed by atoms with Crippen LogP contribution in [-0.4, -0.2) is 41.5 Å². The zero-order valence-corrected chi connectivity index (χ0v) is 16.6. The van der Waals surface area contributed by atoms with Gasteiger partial charge < -0.3 is 14.0 Å². The monoisotopic (exact) mass is 410 g/mol. The predicted molar refractivity (Wildman–Crippen MR) is 105 cm³/mol. The molecule has 0 spiro atoms. The topological polar surface area (TPSA) is 98.9 Å². The van der Waals surface area contributed by atoms with Crippen LogP contribution in [0.25, 0.3) is 11.3 Å². The average Bonchev–Trinajstić information content (AvgIpc) is 3.35. The summed E-state index contributed by atoms with van der Waals surface area (Å²) in [7, 11) is 1.59. The fourth-order valence-electron chi connectivity index (χ4n) is 3.80. The molecular formula is C22H22N2O6. The summed E-state index contributed by atoms with van der Waals surface area (Å²) in [6.45, 7) is -0.0317. The molecule has 1 fully saturated rings. The van der Waals surface area contributed by atoms with Crippen LogP contribution in [0.5, 0.6) is 5.75 Å². The van der Waals surface area contributed by atoms with Gasteiger partial charge in [-0.15, -0.1) is 0 Å². The van der Waals surface area contributed by atoms with Crippen molar-refractivity contribution in [1.82, 2.24) is 10.1 Å². The van der Waals surface area contributed by atoms with E-state index in [-0.39, 0.29) is 43.2 Å². The van der Waals surface area contributed by atoms with Crippen LogP contribution in [0.2, 0.25) is 0 Å². The third-order valence-corrected chi connectivity index (χ3v) is 5.46. The van der Waals surface area contributed by atoms with Gasteiger partial charge in [-0.3, -0.25) is 19.3 Å². The number of esters is 1. The minimum Gasteiger partial charge on any atom is -0.497 e. The van der Waals surface area contributed by atoms with Crippen molar-refractivity contribution in [3.63, 3.8) is 0 Å². The standard InChI is InChI=1S/C22H22N2O6/c1-28-15-8-6-14(7-9-15)19-12-16(30-23-19)13-29-20(25)10-11-24-21(26)17-4-2-3-5-18(17)22(24)27/h2-3,6-9,12,17-18H,4-5,10-11,13H2,1H3/t17-,18+. The number of methoxy groups -OCH3 is 1. The fourth-order valence-corrected chi connectivity index (χ4v) is 3.80. The quantitative estimate of drug-likeness (QED) is 0.393. The molecule has 1 aliphatic carbocycles. The summed E-state index contributed by atoms with van der Waals surface area (Å²) in [5.74, 6) is -0.330. The number of rotatable bonds is 7. The van der Waals surface area contributed by atoms with Crippen molar-refractivity contribution in [2.75, 3.05) is 13.7 Å². The number of fused-ring (bicyclic) bond motifs is 1. The molecule has 2 amide bonds. The molecule has 1 saturated heterocycles. The Bertz CT molecular complexity index is 952. The number of carbonyl (C=O) groups is 3. The Balaban J connectivity index is 1.27. The molecule has 2 aliphatic rings. The second-order valence-corrected chi connectivity index (χ2v) is 7.30. The maximum atomic E-state index is 12.4. The molecule has 0 saturated carbocycles. The molecular weight excluding hydrogens is 388 g/mol. The molecule has 0 unspecified atom stereocenters. The summed E-state index contributed by atoms with van der Waals surface area (Å²) in [5, 5.41) is 3.98. The van der Waals surface area contributed by atoms with Crippen LogP contribution in [0.15, 0.2) is 47.0 Å². The molecule has 2 atom stereocenters. The lowest BCUT2D eigenvalue weighted by molar-refractivity contribution is -0.147. The number of ether oxygens (including phenoxy) is 2. The lowest BCUT2D eigenvalue weighted by Gasteiger charge is -2.14. The van der Waals surface area contributed by atoms with Crippen molar-refractivity contribution in [1.29, 1.82) is 0 Å². The van der Waals surface area contributed by atoms with Crippen LogP contribution in [0.4, 0.5) is 0 Å². The highest BCUT2D eigenvalue weighted by Gasteiger charge is 2.46. The van der Waals surface area contributed by atoms with Crippen LogP contribution in [0.3, 0.4) is 0 Å². The lowest BCUT2D eigenvalue weighted by Crippen LogP contribution is -2.33. The first-order valence-corrected chi connectivity index (χ1v) is 9.82. The molecule has 156 valence electrons. The molecule has 1 aromatic heterocycles. The first kappa shape index (κ1) is 19.9. The van der Waals surface area contributed by atoms with E-state index in [2.05, 4.69) is 5.16 Å². The minimum absolute atomic E-state index is 0.0387. The molecule has 8 nitrogen and oxygen atoms in total. The number of nitrogens with zero attached hydrogens (tertiary/aromatic N) is 2. The number of aromatic nitrogens is 1. The molecule has 0 N–H and O–H groups in total. The van der Waals surface area contributed by atoms with Crippen LogP contribution >= 0.6 is 0 Å². The van der Waals surface area contributed by atoms with Gasteiger partial charge in [-0.2, -0.15) is 0 Å². The first-order chi connectivity index (χ1) is 14.6. The normalized spacial score (nSPS) is 20.4. The van der Waals surface area contributed by atoms with E-state index in [1.54, 1.807) is 13.2 Å². The highest BCUT2D eigenvalue weighted by atomic mass is 16.5. The molecule has 4 rings (SSSR count). The summed E-state index contributed by atoms with van der Waals surface area (Å²) in [5.41, 5.74) is 1.47. The Hall–Kier alpha value is -3.42. The van der Waals surface area contributed by atoms with Gasteiger partial charge in [0.2, 0.25) is 11.8 Å². The smallest absolute Gasteiger partial charge is 0.308 e. The average molecular weight is 410 g/mol. The van der Waals surface area contributed by atoms with Crippen LogP contribution in [-0.2, 0) is 25.7 Å². The van der Waals surface area contributed by atoms with Crippen LogP contribution < -0.4 is 4.74 Å². The van der Waals surface area contributed by atoms with Gasteiger partial charge in [0, 0.05) is 18.2 Å². The van der Waals surface area contributed by atoms with E-state index < -0.39 is 5.97 Å². The van der Waals surface area contributed by atoms with Crippen molar-refractivity contribution in [3.8, 4) is 17.0 Å². The Morgan fingerprint density at radius 2 is 1.80 bits per heavy atom. The molecule has 1 aromatic carbocycles. The Labute approximate surface area is 173 Å². The summed E-state index contributed by atoms with van der Waals surface area (Å²) >= 11 is 0. The van der Waals surface area contributed by atoms with Gasteiger partial charge in [0.1, 0.15) is 11.4 Å². The van der Waals surface area contributed by atoms with Gasteiger partial charge in [0.05, 0.1) is 25.4 Å². The lowest BCUT2D eigenvalue weighted by atomic mass is 9.85. The number of allylic oxidation sites excluding steroid dienone is 2. The molecule has 2 heterocycles. The second kappa shape index (κ2) is 8.52. The van der Waals surface area contributed by atoms with Crippen LogP contribution in [0.1, 0.15) is 25.0 Å². The highest BCUT2D eigenvalue weighted by Crippen LogP contribution is 2.35. The van der Waals surface area contributed by atoms with E-state index in [4.69, 9.17) is 14.0 Å². The van der Waals surface area contributed by atoms with Gasteiger partial charge in [-0.05, 0) is 37.1 Å². The number of imide groups is 1. The van der Waals surface area contributed by atoms with E-state index in [0.29, 0.717) is 24.3 Å². The van der Waals surface area contributed by atoms with Crippen molar-refractivity contribution < 1.29 is 28.4 Å². The largest absolute Gasteiger partial charge is 0.497 e. The third-order valence-electron chi connectivity index (χ3n) is 5.46. The maximum Gasteiger partial charge on any atom is 0.308 e. The van der Waals surface area contributed by atoms with Gasteiger partial charge >= 0.3 is 5.97 Å². The molecule has 0 radical (unpaired) electrons. The van der Waals surface area contributed by atoms with Crippen LogP contribution in [0, 0.1) is 11.8 Å². The van der Waals surface area contributed by atoms with E-state index in [1.165, 1.54) is 4.90 Å². The SMILES string of the molecule is COc1ccc(-c2cc(COC(=O)CCN3C(=O)[C@H]4CC=CC[C@H]4C3=O)on2)cc1. The first-order valence-electron chi connectivity index (χ1n) is 9.82. The van der Waals surface area contributed by atoms with E-state index in [9.17, 15) is 14.4 Å². The number of benzene rings is 1. The zero-order valence-electron chi connectivity index (χ0n) is 16.6. The summed E-state index contributed by atoms with van der Waals surface area (Å²) in [4.78, 5) is 38.1. The van der Waals surface area contributed by atoms with E-state index in [1.807, 2.05) is 36.4 Å². The Kier molecular flexibility index (Phi) is 5.65. The Morgan fingerprint density at radius 1 is 1.13 bits per heavy atom. The highest BCUT2D eigenvalue weighted by molar-refractivity contribution is 6.05. The maximum absolute atomic E-state index is 12.4. The number of carbonyl (C=O) groups excluding carboxylic acids is 3. The molecule has 30 heavy (non-hydrogen) atoms.